The summed E-state index contributed by atoms with van der Waals surface area (Å²) in [6.45, 7) is 2.75. The Morgan fingerprint density at radius 1 is 1.53 bits per heavy atom. The van der Waals surface area contributed by atoms with Gasteiger partial charge in [-0.1, -0.05) is 6.07 Å². The van der Waals surface area contributed by atoms with Crippen LogP contribution < -0.4 is 10.6 Å². The lowest BCUT2D eigenvalue weighted by Gasteiger charge is -2.29. The molecule has 1 aromatic heterocycles. The fourth-order valence-electron chi connectivity index (χ4n) is 1.97. The van der Waals surface area contributed by atoms with Gasteiger partial charge in [0.25, 0.3) is 0 Å². The van der Waals surface area contributed by atoms with Gasteiger partial charge in [-0.05, 0) is 44.4 Å². The first-order valence-corrected chi connectivity index (χ1v) is 6.87. The summed E-state index contributed by atoms with van der Waals surface area (Å²) in [5.41, 5.74) is 0. The molecule has 1 fully saturated rings. The monoisotopic (exact) mass is 253 g/mol. The number of urea groups is 1. The van der Waals surface area contributed by atoms with Gasteiger partial charge in [0.1, 0.15) is 0 Å². The SMILES string of the molecule is CN1CCC(NC(=O)NCc2cccs2)CC1. The van der Waals surface area contributed by atoms with Gasteiger partial charge in [-0.2, -0.15) is 0 Å². The summed E-state index contributed by atoms with van der Waals surface area (Å²) < 4.78 is 0. The van der Waals surface area contributed by atoms with Gasteiger partial charge in [-0.15, -0.1) is 11.3 Å². The van der Waals surface area contributed by atoms with Gasteiger partial charge in [0.05, 0.1) is 6.54 Å². The second kappa shape index (κ2) is 6.02. The third-order valence-corrected chi connectivity index (χ3v) is 3.93. The molecule has 0 aromatic carbocycles. The Labute approximate surface area is 106 Å². The minimum absolute atomic E-state index is 0.0482. The first-order valence-electron chi connectivity index (χ1n) is 5.99. The standard InChI is InChI=1S/C12H19N3OS/c1-15-6-4-10(5-7-15)14-12(16)13-9-11-3-2-8-17-11/h2-3,8,10H,4-7,9H2,1H3,(H2,13,14,16). The molecule has 0 radical (unpaired) electrons. The fraction of sp³-hybridized carbons (Fsp3) is 0.583. The average molecular weight is 253 g/mol. The minimum atomic E-state index is -0.0482. The molecule has 1 saturated heterocycles. The van der Waals surface area contributed by atoms with Crippen LogP contribution in [0.3, 0.4) is 0 Å². The first kappa shape index (κ1) is 12.4. The number of hydrogen-bond acceptors (Lipinski definition) is 3. The molecule has 94 valence electrons. The van der Waals surface area contributed by atoms with Crippen LogP contribution in [0.5, 0.6) is 0 Å². The molecule has 5 heteroatoms. The smallest absolute Gasteiger partial charge is 0.315 e. The number of likely N-dealkylation sites (tertiary alicyclic amines) is 1. The highest BCUT2D eigenvalue weighted by molar-refractivity contribution is 7.09. The molecule has 17 heavy (non-hydrogen) atoms. The van der Waals surface area contributed by atoms with Crippen LogP contribution in [0, 0.1) is 0 Å². The average Bonchev–Trinajstić information content (AvgIpc) is 2.83. The molecule has 4 nitrogen and oxygen atoms in total. The van der Waals surface area contributed by atoms with E-state index in [4.69, 9.17) is 0 Å². The number of carbonyl (C=O) groups is 1. The van der Waals surface area contributed by atoms with Crippen molar-refractivity contribution in [2.24, 2.45) is 0 Å². The number of hydrogen-bond donors (Lipinski definition) is 2. The number of nitrogens with one attached hydrogen (secondary N) is 2. The number of piperidine rings is 1. The molecule has 0 atom stereocenters. The molecule has 2 N–H and O–H groups in total. The highest BCUT2D eigenvalue weighted by Gasteiger charge is 2.17. The van der Waals surface area contributed by atoms with Crippen molar-refractivity contribution in [2.75, 3.05) is 20.1 Å². The van der Waals surface area contributed by atoms with E-state index in [9.17, 15) is 4.79 Å². The summed E-state index contributed by atoms with van der Waals surface area (Å²) >= 11 is 1.66. The summed E-state index contributed by atoms with van der Waals surface area (Å²) in [4.78, 5) is 15.1. The topological polar surface area (TPSA) is 44.4 Å². The van der Waals surface area contributed by atoms with Crippen LogP contribution in [0.4, 0.5) is 4.79 Å². The van der Waals surface area contributed by atoms with Gasteiger partial charge < -0.3 is 15.5 Å². The Hall–Kier alpha value is -1.07. The molecule has 0 saturated carbocycles. The Balaban J connectivity index is 1.67. The van der Waals surface area contributed by atoms with Crippen molar-refractivity contribution in [3.05, 3.63) is 22.4 Å². The van der Waals surface area contributed by atoms with Crippen molar-refractivity contribution in [3.8, 4) is 0 Å². The van der Waals surface area contributed by atoms with Crippen LogP contribution in [0.2, 0.25) is 0 Å². The van der Waals surface area contributed by atoms with Gasteiger partial charge in [0.15, 0.2) is 0 Å². The molecule has 1 aliphatic heterocycles. The van der Waals surface area contributed by atoms with E-state index in [0.29, 0.717) is 12.6 Å². The highest BCUT2D eigenvalue weighted by atomic mass is 32.1. The maximum absolute atomic E-state index is 11.7. The van der Waals surface area contributed by atoms with Crippen LogP contribution in [0.15, 0.2) is 17.5 Å². The maximum Gasteiger partial charge on any atom is 0.315 e. The molecule has 1 aliphatic rings. The largest absolute Gasteiger partial charge is 0.335 e. The van der Waals surface area contributed by atoms with Crippen LogP contribution in [-0.4, -0.2) is 37.1 Å². The molecule has 0 unspecified atom stereocenters. The van der Waals surface area contributed by atoms with Crippen molar-refractivity contribution in [2.45, 2.75) is 25.4 Å². The Morgan fingerprint density at radius 3 is 2.94 bits per heavy atom. The van der Waals surface area contributed by atoms with E-state index in [1.807, 2.05) is 17.5 Å². The Morgan fingerprint density at radius 2 is 2.29 bits per heavy atom. The number of rotatable bonds is 3. The number of amides is 2. The summed E-state index contributed by atoms with van der Waals surface area (Å²) in [5, 5.41) is 7.94. The van der Waals surface area contributed by atoms with Crippen LogP contribution in [0.1, 0.15) is 17.7 Å². The van der Waals surface area contributed by atoms with Crippen molar-refractivity contribution in [3.63, 3.8) is 0 Å². The summed E-state index contributed by atoms with van der Waals surface area (Å²) in [6, 6.07) is 4.30. The molecule has 2 heterocycles. The third kappa shape index (κ3) is 4.02. The van der Waals surface area contributed by atoms with E-state index in [2.05, 4.69) is 22.6 Å². The lowest BCUT2D eigenvalue weighted by molar-refractivity contribution is 0.213. The number of thiophene rings is 1. The van der Waals surface area contributed by atoms with Crippen molar-refractivity contribution in [1.82, 2.24) is 15.5 Å². The molecule has 2 amide bonds. The van der Waals surface area contributed by atoms with Crippen molar-refractivity contribution >= 4 is 17.4 Å². The van der Waals surface area contributed by atoms with E-state index >= 15 is 0 Å². The molecule has 2 rings (SSSR count). The zero-order chi connectivity index (χ0) is 12.1. The summed E-state index contributed by atoms with van der Waals surface area (Å²) in [7, 11) is 2.12. The second-order valence-electron chi connectivity index (χ2n) is 4.48. The van der Waals surface area contributed by atoms with Crippen LogP contribution in [0.25, 0.3) is 0 Å². The van der Waals surface area contributed by atoms with E-state index in [1.54, 1.807) is 11.3 Å². The lowest BCUT2D eigenvalue weighted by Crippen LogP contribution is -2.46. The van der Waals surface area contributed by atoms with Gasteiger partial charge in [0.2, 0.25) is 0 Å². The second-order valence-corrected chi connectivity index (χ2v) is 5.52. The fourth-order valence-corrected chi connectivity index (χ4v) is 2.61. The summed E-state index contributed by atoms with van der Waals surface area (Å²) in [6.07, 6.45) is 2.09. The zero-order valence-electron chi connectivity index (χ0n) is 10.1. The molecule has 0 spiro atoms. The van der Waals surface area contributed by atoms with Crippen LogP contribution in [-0.2, 0) is 6.54 Å². The predicted octanol–water partition coefficient (Wildman–Crippen LogP) is 1.64. The van der Waals surface area contributed by atoms with Gasteiger partial charge in [-0.25, -0.2) is 4.79 Å². The van der Waals surface area contributed by atoms with Gasteiger partial charge in [-0.3, -0.25) is 0 Å². The predicted molar refractivity (Wildman–Crippen MR) is 70.2 cm³/mol. The molecule has 1 aromatic rings. The Bertz CT molecular complexity index is 345. The first-order chi connectivity index (χ1) is 8.24. The molecular weight excluding hydrogens is 234 g/mol. The summed E-state index contributed by atoms with van der Waals surface area (Å²) in [5.74, 6) is 0. The van der Waals surface area contributed by atoms with E-state index < -0.39 is 0 Å². The van der Waals surface area contributed by atoms with Crippen molar-refractivity contribution < 1.29 is 4.79 Å². The molecule has 0 aliphatic carbocycles. The maximum atomic E-state index is 11.7. The molecular formula is C12H19N3OS. The van der Waals surface area contributed by atoms with Crippen LogP contribution >= 0.6 is 11.3 Å². The van der Waals surface area contributed by atoms with E-state index in [0.717, 1.165) is 25.9 Å². The number of nitrogens with zero attached hydrogens (tertiary/aromatic N) is 1. The Kier molecular flexibility index (Phi) is 4.39. The third-order valence-electron chi connectivity index (χ3n) is 3.06. The zero-order valence-corrected chi connectivity index (χ0v) is 10.9. The van der Waals surface area contributed by atoms with E-state index in [1.165, 1.54) is 4.88 Å². The van der Waals surface area contributed by atoms with E-state index in [-0.39, 0.29) is 6.03 Å². The minimum Gasteiger partial charge on any atom is -0.335 e. The quantitative estimate of drug-likeness (QED) is 0.860. The van der Waals surface area contributed by atoms with Gasteiger partial charge >= 0.3 is 6.03 Å². The lowest BCUT2D eigenvalue weighted by atomic mass is 10.1. The normalized spacial score (nSPS) is 17.9. The molecule has 0 bridgehead atoms. The highest BCUT2D eigenvalue weighted by Crippen LogP contribution is 2.09. The van der Waals surface area contributed by atoms with Gasteiger partial charge in [0, 0.05) is 10.9 Å². The van der Waals surface area contributed by atoms with Crippen molar-refractivity contribution in [1.29, 1.82) is 0 Å². The number of carbonyl (C=O) groups excluding carboxylic acids is 1.